The summed E-state index contributed by atoms with van der Waals surface area (Å²) in [6.45, 7) is 7.13. The van der Waals surface area contributed by atoms with Gasteiger partial charge in [0, 0.05) is 31.5 Å². The molecule has 0 spiro atoms. The third-order valence-electron chi connectivity index (χ3n) is 3.31. The number of pyridine rings is 1. The Hall–Kier alpha value is -1.74. The molecule has 0 fully saturated rings. The van der Waals surface area contributed by atoms with Crippen molar-refractivity contribution in [2.45, 2.75) is 20.4 Å². The van der Waals surface area contributed by atoms with Crippen molar-refractivity contribution in [3.8, 4) is 0 Å². The average Bonchev–Trinajstić information content (AvgIpc) is 2.49. The largest absolute Gasteiger partial charge is 0.378 e. The van der Waals surface area contributed by atoms with Gasteiger partial charge in [-0.3, -0.25) is 0 Å². The van der Waals surface area contributed by atoms with Gasteiger partial charge in [0.15, 0.2) is 5.15 Å². The summed E-state index contributed by atoms with van der Waals surface area (Å²) in [5.41, 5.74) is 3.35. The number of anilines is 2. The van der Waals surface area contributed by atoms with Crippen LogP contribution in [0.15, 0.2) is 42.6 Å². The summed E-state index contributed by atoms with van der Waals surface area (Å²) in [6, 6.07) is 12.4. The van der Waals surface area contributed by atoms with E-state index in [-0.39, 0.29) is 0 Å². The van der Waals surface area contributed by atoms with Gasteiger partial charge in [-0.2, -0.15) is 0 Å². The first-order chi connectivity index (χ1) is 9.74. The van der Waals surface area contributed by atoms with E-state index in [1.165, 1.54) is 11.3 Å². The molecule has 4 heteroatoms. The normalized spacial score (nSPS) is 10.3. The van der Waals surface area contributed by atoms with Crippen LogP contribution < -0.4 is 10.2 Å². The lowest BCUT2D eigenvalue weighted by atomic mass is 10.2. The summed E-state index contributed by atoms with van der Waals surface area (Å²) in [6.07, 6.45) is 1.69. The summed E-state index contributed by atoms with van der Waals surface area (Å²) in [7, 11) is 0. The Morgan fingerprint density at radius 1 is 1.10 bits per heavy atom. The van der Waals surface area contributed by atoms with Crippen LogP contribution in [0.3, 0.4) is 0 Å². The highest BCUT2D eigenvalue weighted by atomic mass is 35.5. The molecule has 0 radical (unpaired) electrons. The number of nitrogens with zero attached hydrogens (tertiary/aromatic N) is 2. The number of rotatable bonds is 6. The van der Waals surface area contributed by atoms with Gasteiger partial charge >= 0.3 is 0 Å². The molecule has 1 aromatic heterocycles. The second kappa shape index (κ2) is 7.15. The number of nitrogens with one attached hydrogen (secondary N) is 1. The molecule has 0 amide bonds. The fraction of sp³-hybridized carbons (Fsp3) is 0.312. The average molecular weight is 290 g/mol. The van der Waals surface area contributed by atoms with Gasteiger partial charge in [0.2, 0.25) is 0 Å². The minimum atomic E-state index is 0.507. The van der Waals surface area contributed by atoms with E-state index in [0.29, 0.717) is 5.15 Å². The van der Waals surface area contributed by atoms with Crippen molar-refractivity contribution >= 4 is 23.0 Å². The zero-order valence-corrected chi connectivity index (χ0v) is 12.7. The predicted octanol–water partition coefficient (Wildman–Crippen LogP) is 4.19. The molecule has 2 aromatic rings. The SMILES string of the molecule is CCN(CC)c1ccc(CNc2cccnc2Cl)cc1. The van der Waals surface area contributed by atoms with Gasteiger partial charge in [0.05, 0.1) is 5.69 Å². The van der Waals surface area contributed by atoms with Gasteiger partial charge in [-0.15, -0.1) is 0 Å². The first-order valence-corrected chi connectivity index (χ1v) is 7.30. The number of halogens is 1. The predicted molar refractivity (Wildman–Crippen MR) is 86.6 cm³/mol. The molecule has 0 aliphatic carbocycles. The van der Waals surface area contributed by atoms with E-state index in [2.05, 4.69) is 53.3 Å². The van der Waals surface area contributed by atoms with Crippen LogP contribution in [-0.2, 0) is 6.54 Å². The zero-order valence-electron chi connectivity index (χ0n) is 11.9. The van der Waals surface area contributed by atoms with Crippen molar-refractivity contribution < 1.29 is 0 Å². The first kappa shape index (κ1) is 14.7. The standard InChI is InChI=1S/C16H20ClN3/c1-3-20(4-2)14-9-7-13(8-10-14)12-19-15-6-5-11-18-16(15)17/h5-11,19H,3-4,12H2,1-2H3. The molecular weight excluding hydrogens is 270 g/mol. The molecule has 2 rings (SSSR count). The molecule has 1 N–H and O–H groups in total. The molecule has 20 heavy (non-hydrogen) atoms. The lowest BCUT2D eigenvalue weighted by Crippen LogP contribution is -2.21. The summed E-state index contributed by atoms with van der Waals surface area (Å²) in [5.74, 6) is 0. The van der Waals surface area contributed by atoms with Crippen LogP contribution in [0.2, 0.25) is 5.15 Å². The molecule has 1 aromatic carbocycles. The Kier molecular flexibility index (Phi) is 5.24. The van der Waals surface area contributed by atoms with E-state index >= 15 is 0 Å². The van der Waals surface area contributed by atoms with E-state index in [1.54, 1.807) is 6.20 Å². The van der Waals surface area contributed by atoms with Crippen molar-refractivity contribution in [1.82, 2.24) is 4.98 Å². The molecule has 0 saturated carbocycles. The lowest BCUT2D eigenvalue weighted by molar-refractivity contribution is 0.865. The molecule has 0 aliphatic rings. The Morgan fingerprint density at radius 3 is 2.40 bits per heavy atom. The Balaban J connectivity index is 1.99. The molecule has 0 saturated heterocycles. The van der Waals surface area contributed by atoms with Crippen molar-refractivity contribution in [2.75, 3.05) is 23.3 Å². The maximum Gasteiger partial charge on any atom is 0.152 e. The molecule has 1 heterocycles. The third-order valence-corrected chi connectivity index (χ3v) is 3.61. The minimum absolute atomic E-state index is 0.507. The maximum atomic E-state index is 6.01. The quantitative estimate of drug-likeness (QED) is 0.808. The zero-order chi connectivity index (χ0) is 14.4. The van der Waals surface area contributed by atoms with Crippen LogP contribution in [0.4, 0.5) is 11.4 Å². The van der Waals surface area contributed by atoms with Crippen molar-refractivity contribution in [2.24, 2.45) is 0 Å². The monoisotopic (exact) mass is 289 g/mol. The van der Waals surface area contributed by atoms with Gasteiger partial charge in [0.1, 0.15) is 0 Å². The van der Waals surface area contributed by atoms with Crippen molar-refractivity contribution in [3.63, 3.8) is 0 Å². The van der Waals surface area contributed by atoms with E-state index in [0.717, 1.165) is 25.3 Å². The summed E-state index contributed by atoms with van der Waals surface area (Å²) >= 11 is 6.01. The van der Waals surface area contributed by atoms with Crippen molar-refractivity contribution in [1.29, 1.82) is 0 Å². The first-order valence-electron chi connectivity index (χ1n) is 6.92. The number of benzene rings is 1. The van der Waals surface area contributed by atoms with Crippen LogP contribution >= 0.6 is 11.6 Å². The second-order valence-electron chi connectivity index (χ2n) is 4.53. The minimum Gasteiger partial charge on any atom is -0.378 e. The Bertz CT molecular complexity index is 536. The highest BCUT2D eigenvalue weighted by Gasteiger charge is 2.02. The number of hydrogen-bond donors (Lipinski definition) is 1. The second-order valence-corrected chi connectivity index (χ2v) is 4.89. The van der Waals surface area contributed by atoms with Crippen LogP contribution in [0, 0.1) is 0 Å². The lowest BCUT2D eigenvalue weighted by Gasteiger charge is -2.21. The fourth-order valence-corrected chi connectivity index (χ4v) is 2.31. The molecule has 0 aliphatic heterocycles. The number of hydrogen-bond acceptors (Lipinski definition) is 3. The van der Waals surface area contributed by atoms with Gasteiger partial charge in [0.25, 0.3) is 0 Å². The smallest absolute Gasteiger partial charge is 0.152 e. The molecule has 3 nitrogen and oxygen atoms in total. The Labute approximate surface area is 125 Å². The Morgan fingerprint density at radius 2 is 1.80 bits per heavy atom. The van der Waals surface area contributed by atoms with Gasteiger partial charge in [-0.1, -0.05) is 23.7 Å². The summed E-state index contributed by atoms with van der Waals surface area (Å²) in [4.78, 5) is 6.38. The molecule has 0 bridgehead atoms. The fourth-order valence-electron chi connectivity index (χ4n) is 2.13. The molecular formula is C16H20ClN3. The van der Waals surface area contributed by atoms with Crippen LogP contribution in [0.25, 0.3) is 0 Å². The summed E-state index contributed by atoms with van der Waals surface area (Å²) < 4.78 is 0. The van der Waals surface area contributed by atoms with Gasteiger partial charge in [-0.25, -0.2) is 4.98 Å². The molecule has 0 atom stereocenters. The third kappa shape index (κ3) is 3.64. The molecule has 106 valence electrons. The van der Waals surface area contributed by atoms with Crippen LogP contribution in [0.5, 0.6) is 0 Å². The highest BCUT2D eigenvalue weighted by molar-refractivity contribution is 6.31. The van der Waals surface area contributed by atoms with E-state index in [1.807, 2.05) is 12.1 Å². The van der Waals surface area contributed by atoms with E-state index in [4.69, 9.17) is 11.6 Å². The van der Waals surface area contributed by atoms with E-state index < -0.39 is 0 Å². The van der Waals surface area contributed by atoms with Crippen LogP contribution in [-0.4, -0.2) is 18.1 Å². The topological polar surface area (TPSA) is 28.2 Å². The van der Waals surface area contributed by atoms with Crippen molar-refractivity contribution in [3.05, 3.63) is 53.3 Å². The molecule has 0 unspecified atom stereocenters. The van der Waals surface area contributed by atoms with Gasteiger partial charge in [-0.05, 0) is 43.7 Å². The summed E-state index contributed by atoms with van der Waals surface area (Å²) in [5, 5.41) is 3.80. The number of aromatic nitrogens is 1. The van der Waals surface area contributed by atoms with Crippen LogP contribution in [0.1, 0.15) is 19.4 Å². The maximum absolute atomic E-state index is 6.01. The van der Waals surface area contributed by atoms with Gasteiger partial charge < -0.3 is 10.2 Å². The van der Waals surface area contributed by atoms with E-state index in [9.17, 15) is 0 Å². The highest BCUT2D eigenvalue weighted by Crippen LogP contribution is 2.19.